The molecule has 1 aromatic rings. The maximum absolute atomic E-state index is 12.6. The van der Waals surface area contributed by atoms with Crippen LogP contribution in [0.3, 0.4) is 0 Å². The van der Waals surface area contributed by atoms with Crippen LogP contribution in [0.15, 0.2) is 29.2 Å². The molecule has 1 saturated heterocycles. The predicted octanol–water partition coefficient (Wildman–Crippen LogP) is 3.89. The van der Waals surface area contributed by atoms with Crippen LogP contribution in [0.4, 0.5) is 13.2 Å². The van der Waals surface area contributed by atoms with Crippen LogP contribution in [-0.2, 0) is 4.79 Å². The number of likely N-dealkylation sites (tertiary alicyclic amines) is 1. The van der Waals surface area contributed by atoms with E-state index in [9.17, 15) is 18.0 Å². The van der Waals surface area contributed by atoms with Gasteiger partial charge in [0.15, 0.2) is 0 Å². The first-order valence-electron chi connectivity index (χ1n) is 6.90. The summed E-state index contributed by atoms with van der Waals surface area (Å²) in [6, 6.07) is 7.84. The summed E-state index contributed by atoms with van der Waals surface area (Å²) < 4.78 is 37.7. The van der Waals surface area contributed by atoms with E-state index in [0.717, 1.165) is 10.5 Å². The third-order valence-electron chi connectivity index (χ3n) is 3.69. The zero-order valence-electron chi connectivity index (χ0n) is 11.8. The van der Waals surface area contributed by atoms with E-state index in [1.165, 1.54) is 11.8 Å². The Balaban J connectivity index is 1.78. The number of benzene rings is 1. The van der Waals surface area contributed by atoms with Crippen molar-refractivity contribution in [2.24, 2.45) is 5.92 Å². The number of rotatable bonds is 3. The molecule has 1 aromatic carbocycles. The molecule has 0 spiro atoms. The Bertz CT molecular complexity index is 479. The molecule has 0 unspecified atom stereocenters. The Labute approximate surface area is 126 Å². The number of carbonyl (C=O) groups is 1. The van der Waals surface area contributed by atoms with E-state index in [-0.39, 0.29) is 37.6 Å². The third kappa shape index (κ3) is 4.66. The Kier molecular flexibility index (Phi) is 5.19. The van der Waals surface area contributed by atoms with E-state index in [1.54, 1.807) is 4.90 Å². The monoisotopic (exact) mass is 317 g/mol. The molecule has 1 aliphatic heterocycles. The number of carbonyl (C=O) groups excluding carboxylic acids is 1. The molecule has 0 saturated carbocycles. The lowest BCUT2D eigenvalue weighted by Crippen LogP contribution is -2.42. The van der Waals surface area contributed by atoms with E-state index in [1.807, 2.05) is 31.2 Å². The maximum Gasteiger partial charge on any atom is 0.391 e. The van der Waals surface area contributed by atoms with Crippen molar-refractivity contribution in [1.29, 1.82) is 0 Å². The molecule has 1 amide bonds. The zero-order valence-corrected chi connectivity index (χ0v) is 12.6. The van der Waals surface area contributed by atoms with Gasteiger partial charge in [-0.2, -0.15) is 13.2 Å². The highest BCUT2D eigenvalue weighted by atomic mass is 32.2. The van der Waals surface area contributed by atoms with Crippen molar-refractivity contribution in [1.82, 2.24) is 4.90 Å². The highest BCUT2D eigenvalue weighted by Gasteiger charge is 2.41. The van der Waals surface area contributed by atoms with Gasteiger partial charge in [-0.3, -0.25) is 4.79 Å². The van der Waals surface area contributed by atoms with E-state index in [2.05, 4.69) is 0 Å². The van der Waals surface area contributed by atoms with Gasteiger partial charge in [0.1, 0.15) is 0 Å². The summed E-state index contributed by atoms with van der Waals surface area (Å²) in [5, 5.41) is 0. The molecule has 0 radical (unpaired) electrons. The fourth-order valence-corrected chi connectivity index (χ4v) is 3.13. The SMILES string of the molecule is Cc1ccc(SCC(=O)N2CCC(C(F)(F)F)CC2)cc1. The van der Waals surface area contributed by atoms with Crippen molar-refractivity contribution in [3.05, 3.63) is 29.8 Å². The molecule has 116 valence electrons. The van der Waals surface area contributed by atoms with Gasteiger partial charge >= 0.3 is 6.18 Å². The highest BCUT2D eigenvalue weighted by Crippen LogP contribution is 2.34. The summed E-state index contributed by atoms with van der Waals surface area (Å²) in [6.45, 7) is 2.40. The highest BCUT2D eigenvalue weighted by molar-refractivity contribution is 8.00. The van der Waals surface area contributed by atoms with Crippen LogP contribution < -0.4 is 0 Å². The number of hydrogen-bond acceptors (Lipinski definition) is 2. The van der Waals surface area contributed by atoms with Crippen molar-refractivity contribution in [2.45, 2.75) is 30.8 Å². The van der Waals surface area contributed by atoms with Gasteiger partial charge in [-0.1, -0.05) is 17.7 Å². The van der Waals surface area contributed by atoms with Crippen LogP contribution in [0.1, 0.15) is 18.4 Å². The Hall–Kier alpha value is -1.17. The van der Waals surface area contributed by atoms with Crippen molar-refractivity contribution in [3.8, 4) is 0 Å². The molecule has 0 bridgehead atoms. The summed E-state index contributed by atoms with van der Waals surface area (Å²) in [5.74, 6) is -1.06. The first-order chi connectivity index (χ1) is 9.86. The minimum Gasteiger partial charge on any atom is -0.342 e. The van der Waals surface area contributed by atoms with Gasteiger partial charge in [-0.25, -0.2) is 0 Å². The number of piperidine rings is 1. The number of hydrogen-bond donors (Lipinski definition) is 0. The van der Waals surface area contributed by atoms with Gasteiger partial charge < -0.3 is 4.90 Å². The van der Waals surface area contributed by atoms with Gasteiger partial charge in [-0.05, 0) is 31.9 Å². The quantitative estimate of drug-likeness (QED) is 0.788. The minimum atomic E-state index is -4.13. The van der Waals surface area contributed by atoms with E-state index in [4.69, 9.17) is 0 Å². The zero-order chi connectivity index (χ0) is 15.5. The molecule has 0 aromatic heterocycles. The summed E-state index contributed by atoms with van der Waals surface area (Å²) in [6.07, 6.45) is -4.10. The normalized spacial score (nSPS) is 17.0. The number of thioether (sulfide) groups is 1. The third-order valence-corrected chi connectivity index (χ3v) is 4.69. The van der Waals surface area contributed by atoms with Gasteiger partial charge in [0, 0.05) is 18.0 Å². The van der Waals surface area contributed by atoms with Gasteiger partial charge in [-0.15, -0.1) is 11.8 Å². The van der Waals surface area contributed by atoms with Crippen molar-refractivity contribution < 1.29 is 18.0 Å². The van der Waals surface area contributed by atoms with Crippen LogP contribution in [0.5, 0.6) is 0 Å². The lowest BCUT2D eigenvalue weighted by atomic mass is 9.96. The summed E-state index contributed by atoms with van der Waals surface area (Å²) in [4.78, 5) is 14.6. The summed E-state index contributed by atoms with van der Waals surface area (Å²) >= 11 is 1.42. The van der Waals surface area contributed by atoms with Crippen molar-refractivity contribution in [2.75, 3.05) is 18.8 Å². The van der Waals surface area contributed by atoms with Crippen LogP contribution in [0, 0.1) is 12.8 Å². The second kappa shape index (κ2) is 6.73. The summed E-state index contributed by atoms with van der Waals surface area (Å²) in [5.41, 5.74) is 1.15. The summed E-state index contributed by atoms with van der Waals surface area (Å²) in [7, 11) is 0. The van der Waals surface area contributed by atoms with Crippen molar-refractivity contribution in [3.63, 3.8) is 0 Å². The smallest absolute Gasteiger partial charge is 0.342 e. The lowest BCUT2D eigenvalue weighted by Gasteiger charge is -2.32. The molecule has 0 atom stereocenters. The molecule has 1 aliphatic rings. The van der Waals surface area contributed by atoms with Crippen LogP contribution in [-0.4, -0.2) is 35.8 Å². The second-order valence-electron chi connectivity index (χ2n) is 5.30. The first kappa shape index (κ1) is 16.2. The standard InChI is InChI=1S/C15H18F3NOS/c1-11-2-4-13(5-3-11)21-10-14(20)19-8-6-12(7-9-19)15(16,17)18/h2-5,12H,6-10H2,1H3. The topological polar surface area (TPSA) is 20.3 Å². The fraction of sp³-hybridized carbons (Fsp3) is 0.533. The Morgan fingerprint density at radius 3 is 2.33 bits per heavy atom. The Morgan fingerprint density at radius 2 is 1.81 bits per heavy atom. The molecular weight excluding hydrogens is 299 g/mol. The van der Waals surface area contributed by atoms with E-state index >= 15 is 0 Å². The molecule has 0 N–H and O–H groups in total. The molecule has 1 heterocycles. The molecular formula is C15H18F3NOS. The Morgan fingerprint density at radius 1 is 1.24 bits per heavy atom. The average Bonchev–Trinajstić information content (AvgIpc) is 2.45. The molecule has 2 nitrogen and oxygen atoms in total. The number of nitrogens with zero attached hydrogens (tertiary/aromatic N) is 1. The number of aryl methyl sites for hydroxylation is 1. The van der Waals surface area contributed by atoms with E-state index < -0.39 is 12.1 Å². The predicted molar refractivity (Wildman–Crippen MR) is 77.3 cm³/mol. The first-order valence-corrected chi connectivity index (χ1v) is 7.89. The molecule has 1 fully saturated rings. The van der Waals surface area contributed by atoms with E-state index in [0.29, 0.717) is 0 Å². The molecule has 21 heavy (non-hydrogen) atoms. The number of alkyl halides is 3. The number of amides is 1. The van der Waals surface area contributed by atoms with Crippen LogP contribution in [0.25, 0.3) is 0 Å². The second-order valence-corrected chi connectivity index (χ2v) is 6.35. The molecule has 6 heteroatoms. The fourth-order valence-electron chi connectivity index (χ4n) is 2.33. The van der Waals surface area contributed by atoms with Crippen molar-refractivity contribution >= 4 is 17.7 Å². The molecule has 0 aliphatic carbocycles. The average molecular weight is 317 g/mol. The van der Waals surface area contributed by atoms with Gasteiger partial charge in [0.05, 0.1) is 11.7 Å². The maximum atomic E-state index is 12.6. The van der Waals surface area contributed by atoms with Crippen LogP contribution in [0.2, 0.25) is 0 Å². The lowest BCUT2D eigenvalue weighted by molar-refractivity contribution is -0.186. The van der Waals surface area contributed by atoms with Crippen LogP contribution >= 0.6 is 11.8 Å². The van der Waals surface area contributed by atoms with Gasteiger partial charge in [0.25, 0.3) is 0 Å². The van der Waals surface area contributed by atoms with Gasteiger partial charge in [0.2, 0.25) is 5.91 Å². The molecule has 2 rings (SSSR count). The minimum absolute atomic E-state index is 0.0183. The largest absolute Gasteiger partial charge is 0.391 e. The number of halogens is 3.